The van der Waals surface area contributed by atoms with Gasteiger partial charge in [-0.1, -0.05) is 5.16 Å². The lowest BCUT2D eigenvalue weighted by Crippen LogP contribution is -2.71. The first kappa shape index (κ1) is 26.7. The Morgan fingerprint density at radius 3 is 2.81 bits per heavy atom. The van der Waals surface area contributed by atoms with Gasteiger partial charge >= 0.3 is 5.97 Å². The van der Waals surface area contributed by atoms with Gasteiger partial charge in [-0.15, -0.1) is 34.9 Å². The largest absolute Gasteiger partial charge is 0.619 e. The van der Waals surface area contributed by atoms with Crippen molar-refractivity contribution in [2.24, 2.45) is 5.16 Å². The molecule has 196 valence electrons. The van der Waals surface area contributed by atoms with Crippen molar-refractivity contribution in [1.29, 1.82) is 0 Å². The van der Waals surface area contributed by atoms with E-state index in [0.717, 1.165) is 16.2 Å². The molecule has 0 bridgehead atoms. The van der Waals surface area contributed by atoms with Crippen molar-refractivity contribution < 1.29 is 34.2 Å². The molecular formula is C21H22N6O7S3. The number of anilines is 1. The molecule has 0 aromatic carbocycles. The Labute approximate surface area is 223 Å². The molecule has 0 saturated carbocycles. The van der Waals surface area contributed by atoms with Gasteiger partial charge < -0.3 is 31.3 Å². The molecule has 0 radical (unpaired) electrons. The Kier molecular flexibility index (Phi) is 8.21. The molecule has 13 nitrogen and oxygen atoms in total. The summed E-state index contributed by atoms with van der Waals surface area (Å²) in [6.07, 6.45) is 1.87. The molecule has 4 rings (SSSR count). The number of aromatic nitrogens is 2. The number of nitrogens with one attached hydrogen (secondary N) is 1. The number of aliphatic hydroxyl groups is 1. The van der Waals surface area contributed by atoms with Crippen molar-refractivity contribution in [3.63, 3.8) is 0 Å². The van der Waals surface area contributed by atoms with E-state index < -0.39 is 35.3 Å². The van der Waals surface area contributed by atoms with E-state index in [1.54, 1.807) is 12.1 Å². The van der Waals surface area contributed by atoms with Crippen molar-refractivity contribution in [3.05, 3.63) is 52.1 Å². The zero-order valence-corrected chi connectivity index (χ0v) is 21.7. The second-order valence-corrected chi connectivity index (χ2v) is 11.0. The smallest absolute Gasteiger partial charge is 0.352 e. The van der Waals surface area contributed by atoms with Crippen LogP contribution in [-0.4, -0.2) is 79.2 Å². The van der Waals surface area contributed by atoms with Crippen molar-refractivity contribution >= 4 is 63.5 Å². The summed E-state index contributed by atoms with van der Waals surface area (Å²) in [5.41, 5.74) is 6.02. The summed E-state index contributed by atoms with van der Waals surface area (Å²) in [4.78, 5) is 49.1. The van der Waals surface area contributed by atoms with E-state index in [0.29, 0.717) is 21.8 Å². The molecule has 1 saturated heterocycles. The number of aliphatic carboxylic acids is 1. The molecule has 2 aliphatic rings. The van der Waals surface area contributed by atoms with Crippen molar-refractivity contribution in [2.45, 2.75) is 29.3 Å². The number of nitrogens with zero attached hydrogens (tertiary/aromatic N) is 4. The molecule has 4 heterocycles. The van der Waals surface area contributed by atoms with E-state index in [1.807, 2.05) is 0 Å². The van der Waals surface area contributed by atoms with Gasteiger partial charge in [-0.25, -0.2) is 9.78 Å². The highest BCUT2D eigenvalue weighted by Gasteiger charge is 2.54. The first-order chi connectivity index (χ1) is 17.7. The molecule has 2 aliphatic heterocycles. The van der Waals surface area contributed by atoms with Crippen LogP contribution in [0.4, 0.5) is 5.13 Å². The number of thioether (sulfide) groups is 2. The fourth-order valence-corrected chi connectivity index (χ4v) is 6.40. The monoisotopic (exact) mass is 566 g/mol. The fourth-order valence-electron chi connectivity index (χ4n) is 3.48. The lowest BCUT2D eigenvalue weighted by Gasteiger charge is -2.49. The van der Waals surface area contributed by atoms with Gasteiger partial charge in [0.2, 0.25) is 0 Å². The number of carboxylic acid groups (broad SMARTS) is 1. The minimum atomic E-state index is -1.24. The van der Waals surface area contributed by atoms with E-state index >= 15 is 0 Å². The van der Waals surface area contributed by atoms with E-state index in [9.17, 15) is 29.8 Å². The van der Waals surface area contributed by atoms with E-state index in [2.05, 4.69) is 15.5 Å². The number of carbonyl (C=O) groups is 3. The first-order valence-corrected chi connectivity index (χ1v) is 13.7. The summed E-state index contributed by atoms with van der Waals surface area (Å²) in [5, 5.41) is 37.9. The number of β-lactam (4-membered cyclic amide) rings is 1. The summed E-state index contributed by atoms with van der Waals surface area (Å²) in [6.45, 7) is 1.32. The van der Waals surface area contributed by atoms with Crippen LogP contribution >= 0.6 is 34.9 Å². The van der Waals surface area contributed by atoms with E-state index in [1.165, 1.54) is 53.1 Å². The maximum Gasteiger partial charge on any atom is 0.352 e. The molecule has 1 fully saturated rings. The van der Waals surface area contributed by atoms with Gasteiger partial charge in [0, 0.05) is 33.9 Å². The molecule has 37 heavy (non-hydrogen) atoms. The number of nitrogens with two attached hydrogens (primary N) is 1. The number of nitrogen functional groups attached to an aromatic ring is 1. The van der Waals surface area contributed by atoms with Crippen LogP contribution in [0, 0.1) is 5.21 Å². The van der Waals surface area contributed by atoms with Gasteiger partial charge in [0.05, 0.1) is 6.10 Å². The Bertz CT molecular complexity index is 1260. The average molecular weight is 567 g/mol. The van der Waals surface area contributed by atoms with E-state index in [4.69, 9.17) is 10.6 Å². The Balaban J connectivity index is 1.48. The second-order valence-electron chi connectivity index (χ2n) is 7.96. The molecule has 0 spiro atoms. The molecule has 5 N–H and O–H groups in total. The van der Waals surface area contributed by atoms with Crippen LogP contribution < -0.4 is 15.8 Å². The number of aliphatic hydroxyl groups excluding tert-OH is 1. The molecule has 2 amide bonds. The Hall–Kier alpha value is -3.34. The fraction of sp³-hybridized carbons (Fsp3) is 0.333. The Morgan fingerprint density at radius 1 is 1.46 bits per heavy atom. The van der Waals surface area contributed by atoms with Gasteiger partial charge in [0.25, 0.3) is 11.8 Å². The zero-order chi connectivity index (χ0) is 26.7. The first-order valence-electron chi connectivity index (χ1n) is 10.8. The van der Waals surface area contributed by atoms with Crippen LogP contribution in [0.3, 0.4) is 0 Å². The summed E-state index contributed by atoms with van der Waals surface area (Å²) in [7, 11) is 0. The Morgan fingerprint density at radius 2 is 2.19 bits per heavy atom. The number of hydrogen-bond donors (Lipinski definition) is 4. The number of carboxylic acids is 1. The highest BCUT2D eigenvalue weighted by molar-refractivity contribution is 8.01. The topological polar surface area (TPSA) is 194 Å². The second kappa shape index (κ2) is 11.4. The number of pyridine rings is 1. The lowest BCUT2D eigenvalue weighted by atomic mass is 10.0. The molecule has 16 heteroatoms. The third kappa shape index (κ3) is 5.98. The summed E-state index contributed by atoms with van der Waals surface area (Å²) < 4.78 is 0.652. The summed E-state index contributed by atoms with van der Waals surface area (Å²) in [5.74, 6) is -1.91. The predicted molar refractivity (Wildman–Crippen MR) is 137 cm³/mol. The van der Waals surface area contributed by atoms with Gasteiger partial charge in [-0.3, -0.25) is 14.5 Å². The third-order valence-corrected chi connectivity index (χ3v) is 8.28. The minimum Gasteiger partial charge on any atom is -0.619 e. The molecule has 2 unspecified atom stereocenters. The number of hydrogen-bond acceptors (Lipinski definition) is 12. The van der Waals surface area contributed by atoms with Crippen LogP contribution in [-0.2, 0) is 19.2 Å². The standard InChI is InChI=1S/C21H22N6O7S3/c1-10(28)6-34-25-14(13-9-37-21(22)23-13)17(29)24-15-18(30)27-16(20(31)32)11(8-36-19(15)27)7-35-12-2-4-26(33)5-3-12/h2-5,9-10,15,19,28H,6-8H2,1H3,(H2,22,23)(H,24,29)(H,31,32)/b25-14-/t10?,15?,19-/m0/s1. The zero-order valence-electron chi connectivity index (χ0n) is 19.3. The van der Waals surface area contributed by atoms with Gasteiger partial charge in [-0.05, 0) is 12.5 Å². The molecule has 0 aliphatic carbocycles. The molecule has 2 aromatic rings. The normalized spacial score (nSPS) is 20.2. The van der Waals surface area contributed by atoms with Crippen molar-refractivity contribution in [3.8, 4) is 0 Å². The quantitative estimate of drug-likeness (QED) is 0.0754. The van der Waals surface area contributed by atoms with Crippen LogP contribution in [0.2, 0.25) is 0 Å². The van der Waals surface area contributed by atoms with Crippen molar-refractivity contribution in [2.75, 3.05) is 23.8 Å². The molecule has 2 aromatic heterocycles. The minimum absolute atomic E-state index is 0.108. The third-order valence-electron chi connectivity index (χ3n) is 5.17. The summed E-state index contributed by atoms with van der Waals surface area (Å²) >= 11 is 3.77. The molecular weight excluding hydrogens is 544 g/mol. The number of oxime groups is 1. The highest BCUT2D eigenvalue weighted by atomic mass is 32.2. The van der Waals surface area contributed by atoms with E-state index in [-0.39, 0.29) is 28.8 Å². The predicted octanol–water partition coefficient (Wildman–Crippen LogP) is -0.00890. The van der Waals surface area contributed by atoms with Crippen molar-refractivity contribution in [1.82, 2.24) is 15.2 Å². The summed E-state index contributed by atoms with van der Waals surface area (Å²) in [6, 6.07) is 2.26. The van der Waals surface area contributed by atoms with Gasteiger partial charge in [0.15, 0.2) is 23.2 Å². The van der Waals surface area contributed by atoms with Crippen LogP contribution in [0.25, 0.3) is 0 Å². The maximum absolute atomic E-state index is 13.0. The van der Waals surface area contributed by atoms with Gasteiger partial charge in [-0.2, -0.15) is 4.73 Å². The number of amides is 2. The number of rotatable bonds is 10. The highest BCUT2D eigenvalue weighted by Crippen LogP contribution is 2.41. The number of carbonyl (C=O) groups excluding carboxylic acids is 2. The van der Waals surface area contributed by atoms with Gasteiger partial charge in [0.1, 0.15) is 29.4 Å². The van der Waals surface area contributed by atoms with Crippen LogP contribution in [0.5, 0.6) is 0 Å². The number of fused-ring (bicyclic) bond motifs is 1. The molecule has 3 atom stereocenters. The number of thiazole rings is 1. The lowest BCUT2D eigenvalue weighted by molar-refractivity contribution is -0.605. The average Bonchev–Trinajstić information content (AvgIpc) is 3.29. The maximum atomic E-state index is 13.0. The SMILES string of the molecule is CC(O)CO/N=C(\C(=O)NC1C(=O)N2C(C(=O)O)=C(CSc3cc[n+]([O-])cc3)CS[C@@H]12)c1csc(N)n1. The van der Waals surface area contributed by atoms with Crippen LogP contribution in [0.15, 0.2) is 51.2 Å². The van der Waals surface area contributed by atoms with Crippen LogP contribution in [0.1, 0.15) is 12.6 Å².